The van der Waals surface area contributed by atoms with Crippen molar-refractivity contribution < 1.29 is 38.5 Å². The molecule has 3 aliphatic heterocycles. The fraction of sp³-hybridized carbons (Fsp3) is 0.341. The Morgan fingerprint density at radius 3 is 2.43 bits per heavy atom. The monoisotopic (exact) mass is 735 g/mol. The number of nitrogens with zero attached hydrogens (tertiary/aromatic N) is 3. The number of rotatable bonds is 11. The third kappa shape index (κ3) is 6.61. The number of aliphatic hydroxyl groups excluding tert-OH is 1. The number of aliphatic hydroxyl groups is 1. The molecule has 276 valence electrons. The summed E-state index contributed by atoms with van der Waals surface area (Å²) in [5, 5.41) is 9.86. The molecule has 4 aromatic rings. The van der Waals surface area contributed by atoms with E-state index in [1.807, 2.05) is 111 Å². The van der Waals surface area contributed by atoms with E-state index < -0.39 is 31.5 Å². The molecule has 7 rings (SSSR count). The predicted octanol–water partition coefficient (Wildman–Crippen LogP) is 5.51. The second-order valence-corrected chi connectivity index (χ2v) is 18.5. The molecular formula is C41H45N3O8Si. The molecular weight excluding hydrogens is 691 g/mol. The minimum Gasteiger partial charge on any atom is -0.497 e. The maximum atomic E-state index is 15.1. The minimum absolute atomic E-state index is 0.0652. The third-order valence-corrected chi connectivity index (χ3v) is 13.2. The van der Waals surface area contributed by atoms with Crippen LogP contribution in [0.1, 0.15) is 30.0 Å². The van der Waals surface area contributed by atoms with Gasteiger partial charge in [-0.2, -0.15) is 0 Å². The van der Waals surface area contributed by atoms with Crippen molar-refractivity contribution in [2.75, 3.05) is 36.7 Å². The number of benzene rings is 4. The van der Waals surface area contributed by atoms with Crippen LogP contribution in [0.5, 0.6) is 11.5 Å². The number of anilines is 3. The summed E-state index contributed by atoms with van der Waals surface area (Å²) < 4.78 is 18.2. The van der Waals surface area contributed by atoms with Crippen LogP contribution in [0.15, 0.2) is 97.1 Å². The van der Waals surface area contributed by atoms with Crippen molar-refractivity contribution in [1.82, 2.24) is 4.90 Å². The number of ether oxygens (including phenoxy) is 3. The number of methoxy groups -OCH3 is 1. The maximum absolute atomic E-state index is 15.1. The van der Waals surface area contributed by atoms with Gasteiger partial charge >= 0.3 is 0 Å². The van der Waals surface area contributed by atoms with Crippen LogP contribution < -0.4 is 19.3 Å². The summed E-state index contributed by atoms with van der Waals surface area (Å²) in [4.78, 5) is 58.9. The zero-order valence-electron chi connectivity index (χ0n) is 30.4. The van der Waals surface area contributed by atoms with Gasteiger partial charge in [0.25, 0.3) is 11.8 Å². The Bertz CT molecular complexity index is 2020. The molecule has 4 atom stereocenters. The summed E-state index contributed by atoms with van der Waals surface area (Å²) in [6.45, 7) is 5.92. The first-order chi connectivity index (χ1) is 25.5. The standard InChI is InChI=1S/C41H45N3O8Si/c1-27-39(53(3,4)49)36(23-37(46)42(19-20-45)24-28-11-6-5-7-12-28)52-41(27)32-22-31(50-2)17-18-33(32)43(40(41)48)25-29-13-10-14-30(21-29)44-34-15-8-9-16-35(34)51-26-38(44)47/h5-18,21-22,27,36,39,45,49H,19-20,23-26H2,1-4H3/t27-,36+,39-,41+/m0/s1. The molecule has 3 aliphatic rings. The lowest BCUT2D eigenvalue weighted by atomic mass is 9.82. The van der Waals surface area contributed by atoms with Crippen LogP contribution in [-0.4, -0.2) is 73.8 Å². The fourth-order valence-corrected chi connectivity index (χ4v) is 11.0. The van der Waals surface area contributed by atoms with Crippen molar-refractivity contribution in [3.8, 4) is 11.5 Å². The van der Waals surface area contributed by atoms with Gasteiger partial charge in [-0.25, -0.2) is 0 Å². The molecule has 0 unspecified atom stereocenters. The van der Waals surface area contributed by atoms with Crippen molar-refractivity contribution in [2.24, 2.45) is 5.92 Å². The predicted molar refractivity (Wildman–Crippen MR) is 202 cm³/mol. The Morgan fingerprint density at radius 2 is 1.70 bits per heavy atom. The summed E-state index contributed by atoms with van der Waals surface area (Å²) in [5.41, 5.74) is 2.31. The van der Waals surface area contributed by atoms with Crippen LogP contribution in [0.4, 0.5) is 17.1 Å². The summed E-state index contributed by atoms with van der Waals surface area (Å²) in [6.07, 6.45) is -0.829. The van der Waals surface area contributed by atoms with Crippen LogP contribution in [0.3, 0.4) is 0 Å². The lowest BCUT2D eigenvalue weighted by molar-refractivity contribution is -0.150. The zero-order chi connectivity index (χ0) is 37.5. The van der Waals surface area contributed by atoms with E-state index in [9.17, 15) is 19.5 Å². The highest BCUT2D eigenvalue weighted by atomic mass is 28.4. The van der Waals surface area contributed by atoms with Crippen LogP contribution in [-0.2, 0) is 37.8 Å². The number of hydrogen-bond acceptors (Lipinski definition) is 8. The molecule has 0 bridgehead atoms. The van der Waals surface area contributed by atoms with E-state index in [2.05, 4.69) is 0 Å². The van der Waals surface area contributed by atoms with E-state index in [0.717, 1.165) is 11.1 Å². The number of carbonyl (C=O) groups is 3. The molecule has 12 heteroatoms. The molecule has 0 radical (unpaired) electrons. The van der Waals surface area contributed by atoms with Gasteiger partial charge in [0.2, 0.25) is 5.91 Å². The molecule has 3 heterocycles. The van der Waals surface area contributed by atoms with Crippen LogP contribution in [0.25, 0.3) is 0 Å². The van der Waals surface area contributed by atoms with Gasteiger partial charge < -0.3 is 33.9 Å². The van der Waals surface area contributed by atoms with Crippen LogP contribution >= 0.6 is 0 Å². The van der Waals surface area contributed by atoms with Gasteiger partial charge in [0.15, 0.2) is 20.5 Å². The largest absolute Gasteiger partial charge is 0.497 e. The van der Waals surface area contributed by atoms with E-state index in [-0.39, 0.29) is 50.4 Å². The number of amides is 3. The normalized spacial score (nSPS) is 22.1. The molecule has 1 spiro atoms. The number of fused-ring (bicyclic) bond motifs is 3. The van der Waals surface area contributed by atoms with E-state index in [4.69, 9.17) is 14.2 Å². The van der Waals surface area contributed by atoms with Crippen LogP contribution in [0.2, 0.25) is 18.6 Å². The van der Waals surface area contributed by atoms with Crippen molar-refractivity contribution in [3.63, 3.8) is 0 Å². The lowest BCUT2D eigenvalue weighted by Crippen LogP contribution is -2.46. The van der Waals surface area contributed by atoms with Gasteiger partial charge in [-0.05, 0) is 66.7 Å². The van der Waals surface area contributed by atoms with E-state index in [0.29, 0.717) is 40.7 Å². The SMILES string of the molecule is COc1ccc2c(c1)[C@@]1(O[C@H](CC(=O)N(CCO)Cc3ccccc3)[C@@H]([Si](C)(C)O)[C@@H]1C)C(=O)N2Cc1cccc(N2C(=O)COc3ccccc32)c1. The Kier molecular flexibility index (Phi) is 9.90. The number of para-hydroxylation sites is 2. The highest BCUT2D eigenvalue weighted by Crippen LogP contribution is 2.60. The average Bonchev–Trinajstić information content (AvgIpc) is 3.57. The number of carbonyl (C=O) groups excluding carboxylic acids is 3. The molecule has 2 N–H and O–H groups in total. The van der Waals surface area contributed by atoms with Gasteiger partial charge in [0, 0.05) is 35.8 Å². The second-order valence-electron chi connectivity index (χ2n) is 14.5. The second kappa shape index (κ2) is 14.4. The van der Waals surface area contributed by atoms with Gasteiger partial charge in [0.1, 0.15) is 11.5 Å². The van der Waals surface area contributed by atoms with E-state index in [1.165, 1.54) is 0 Å². The molecule has 1 saturated heterocycles. The molecule has 0 saturated carbocycles. The molecule has 53 heavy (non-hydrogen) atoms. The van der Waals surface area contributed by atoms with E-state index in [1.54, 1.807) is 27.9 Å². The summed E-state index contributed by atoms with van der Waals surface area (Å²) in [6, 6.07) is 29.9. The maximum Gasteiger partial charge on any atom is 0.269 e. The Hall–Kier alpha value is -5.01. The molecule has 11 nitrogen and oxygen atoms in total. The first kappa shape index (κ1) is 36.3. The first-order valence-electron chi connectivity index (χ1n) is 17.9. The Balaban J connectivity index is 1.23. The quantitative estimate of drug-likeness (QED) is 0.193. The zero-order valence-corrected chi connectivity index (χ0v) is 31.4. The third-order valence-electron chi connectivity index (χ3n) is 10.7. The topological polar surface area (TPSA) is 129 Å². The molecule has 4 aromatic carbocycles. The van der Waals surface area contributed by atoms with Gasteiger partial charge in [0.05, 0.1) is 44.2 Å². The van der Waals surface area contributed by atoms with Crippen molar-refractivity contribution in [2.45, 2.75) is 56.8 Å². The van der Waals surface area contributed by atoms with Crippen molar-refractivity contribution >= 4 is 43.1 Å². The average molecular weight is 736 g/mol. The lowest BCUT2D eigenvalue weighted by Gasteiger charge is -2.33. The summed E-state index contributed by atoms with van der Waals surface area (Å²) in [7, 11) is -1.50. The van der Waals surface area contributed by atoms with E-state index >= 15 is 4.79 Å². The highest BCUT2D eigenvalue weighted by molar-refractivity contribution is 6.71. The van der Waals surface area contributed by atoms with Crippen molar-refractivity contribution in [3.05, 3.63) is 114 Å². The van der Waals surface area contributed by atoms with Gasteiger partial charge in [-0.3, -0.25) is 19.3 Å². The number of hydrogen-bond donors (Lipinski definition) is 2. The Labute approximate surface area is 310 Å². The molecule has 3 amide bonds. The molecule has 1 fully saturated rings. The van der Waals surface area contributed by atoms with Gasteiger partial charge in [-0.15, -0.1) is 0 Å². The molecule has 0 aromatic heterocycles. The van der Waals surface area contributed by atoms with Crippen molar-refractivity contribution in [1.29, 1.82) is 0 Å². The van der Waals surface area contributed by atoms with Gasteiger partial charge in [-0.1, -0.05) is 61.5 Å². The fourth-order valence-electron chi connectivity index (χ4n) is 8.42. The summed E-state index contributed by atoms with van der Waals surface area (Å²) >= 11 is 0. The molecule has 0 aliphatic carbocycles. The Morgan fingerprint density at radius 1 is 0.962 bits per heavy atom. The smallest absolute Gasteiger partial charge is 0.269 e. The minimum atomic E-state index is -3.06. The summed E-state index contributed by atoms with van der Waals surface area (Å²) in [5.74, 6) is -0.0581. The first-order valence-corrected chi connectivity index (χ1v) is 21.0. The highest BCUT2D eigenvalue weighted by Gasteiger charge is 2.66. The van der Waals surface area contributed by atoms with Crippen LogP contribution in [0, 0.1) is 5.92 Å².